The number of ether oxygens (including phenoxy) is 1. The number of nitriles is 1. The van der Waals surface area contributed by atoms with Crippen molar-refractivity contribution >= 4 is 40.5 Å². The van der Waals surface area contributed by atoms with Gasteiger partial charge in [0.2, 0.25) is 0 Å². The molecule has 0 aliphatic carbocycles. The third-order valence-electron chi connectivity index (χ3n) is 4.54. The Morgan fingerprint density at radius 2 is 1.93 bits per heavy atom. The maximum Gasteiger partial charge on any atom is 0.171 e. The number of thiocarbonyl (C=S) groups is 1. The van der Waals surface area contributed by atoms with Gasteiger partial charge in [-0.1, -0.05) is 62.2 Å². The predicted octanol–water partition coefficient (Wildman–Crippen LogP) is 5.91. The molecule has 150 valence electrons. The van der Waals surface area contributed by atoms with E-state index in [9.17, 15) is 5.26 Å². The van der Waals surface area contributed by atoms with Gasteiger partial charge in [-0.15, -0.1) is 0 Å². The van der Waals surface area contributed by atoms with Crippen LogP contribution in [0.5, 0.6) is 5.75 Å². The molecule has 1 aliphatic heterocycles. The molecule has 0 saturated carbocycles. The third kappa shape index (κ3) is 5.02. The van der Waals surface area contributed by atoms with Gasteiger partial charge in [-0.25, -0.2) is 0 Å². The summed E-state index contributed by atoms with van der Waals surface area (Å²) in [6, 6.07) is 14.9. The standard InChI is InChI=1S/C22H21Cl2N3OS/c1-22(2,3)20-17(11-25)19(26-21(29)27-20)13-5-4-6-16(9-13)28-12-14-7-8-15(23)10-18(14)24/h4-10,19H,12H2,1-3H3,(H2,26,27,29)/t19-/m0/s1. The Labute approximate surface area is 186 Å². The molecule has 7 heteroatoms. The number of nitrogens with one attached hydrogen (secondary N) is 2. The molecular weight excluding hydrogens is 425 g/mol. The first-order chi connectivity index (χ1) is 13.7. The molecule has 0 amide bonds. The minimum absolute atomic E-state index is 0.241. The van der Waals surface area contributed by atoms with Crippen LogP contribution in [0.25, 0.3) is 0 Å². The zero-order valence-electron chi connectivity index (χ0n) is 16.3. The molecule has 0 fully saturated rings. The number of rotatable bonds is 4. The Morgan fingerprint density at radius 3 is 2.59 bits per heavy atom. The van der Waals surface area contributed by atoms with Gasteiger partial charge >= 0.3 is 0 Å². The summed E-state index contributed by atoms with van der Waals surface area (Å²) in [5.41, 5.74) is 2.94. The first kappa shape index (κ1) is 21.4. The van der Waals surface area contributed by atoms with Crippen molar-refractivity contribution in [1.82, 2.24) is 10.6 Å². The van der Waals surface area contributed by atoms with Gasteiger partial charge in [0.15, 0.2) is 5.11 Å². The minimum Gasteiger partial charge on any atom is -0.489 e. The molecule has 0 aromatic heterocycles. The van der Waals surface area contributed by atoms with E-state index in [-0.39, 0.29) is 11.5 Å². The zero-order chi connectivity index (χ0) is 21.2. The number of nitrogens with zero attached hydrogens (tertiary/aromatic N) is 1. The number of hydrogen-bond acceptors (Lipinski definition) is 3. The van der Waals surface area contributed by atoms with Crippen LogP contribution in [-0.2, 0) is 6.61 Å². The SMILES string of the molecule is CC(C)(C)C1=C(C#N)[C@H](c2cccc(OCc3ccc(Cl)cc3Cl)c2)NC(=S)N1. The van der Waals surface area contributed by atoms with E-state index in [1.165, 1.54) is 0 Å². The van der Waals surface area contributed by atoms with Gasteiger partial charge in [0.05, 0.1) is 17.7 Å². The van der Waals surface area contributed by atoms with Crippen LogP contribution >= 0.6 is 35.4 Å². The van der Waals surface area contributed by atoms with E-state index in [4.69, 9.17) is 40.2 Å². The van der Waals surface area contributed by atoms with Crippen molar-refractivity contribution in [1.29, 1.82) is 5.26 Å². The fourth-order valence-electron chi connectivity index (χ4n) is 3.11. The van der Waals surface area contributed by atoms with Gasteiger partial charge in [0.25, 0.3) is 0 Å². The number of allylic oxidation sites excluding steroid dienone is 1. The number of hydrogen-bond donors (Lipinski definition) is 2. The lowest BCUT2D eigenvalue weighted by Crippen LogP contribution is -2.46. The fourth-order valence-corrected chi connectivity index (χ4v) is 3.79. The molecule has 0 saturated heterocycles. The summed E-state index contributed by atoms with van der Waals surface area (Å²) >= 11 is 17.5. The van der Waals surface area contributed by atoms with Crippen molar-refractivity contribution in [2.75, 3.05) is 0 Å². The van der Waals surface area contributed by atoms with Crippen molar-refractivity contribution in [2.24, 2.45) is 5.41 Å². The summed E-state index contributed by atoms with van der Waals surface area (Å²) in [5, 5.41) is 17.8. The van der Waals surface area contributed by atoms with Crippen LogP contribution < -0.4 is 15.4 Å². The highest BCUT2D eigenvalue weighted by Gasteiger charge is 2.32. The van der Waals surface area contributed by atoms with Gasteiger partial charge in [-0.3, -0.25) is 0 Å². The van der Waals surface area contributed by atoms with Gasteiger partial charge in [0, 0.05) is 26.7 Å². The van der Waals surface area contributed by atoms with E-state index in [0.717, 1.165) is 16.8 Å². The van der Waals surface area contributed by atoms with E-state index in [1.807, 2.05) is 51.1 Å². The van der Waals surface area contributed by atoms with E-state index in [1.54, 1.807) is 12.1 Å². The average Bonchev–Trinajstić information content (AvgIpc) is 2.66. The molecule has 2 N–H and O–H groups in total. The van der Waals surface area contributed by atoms with Crippen LogP contribution in [0.15, 0.2) is 53.7 Å². The van der Waals surface area contributed by atoms with Crippen molar-refractivity contribution in [3.8, 4) is 11.8 Å². The maximum absolute atomic E-state index is 9.83. The van der Waals surface area contributed by atoms with Crippen LogP contribution in [0.4, 0.5) is 0 Å². The summed E-state index contributed by atoms with van der Waals surface area (Å²) in [6.07, 6.45) is 0. The molecule has 3 rings (SSSR count). The third-order valence-corrected chi connectivity index (χ3v) is 5.35. The Balaban J connectivity index is 1.88. The quantitative estimate of drug-likeness (QED) is 0.572. The molecule has 1 aliphatic rings. The van der Waals surface area contributed by atoms with Crippen LogP contribution in [0.2, 0.25) is 10.0 Å². The van der Waals surface area contributed by atoms with E-state index < -0.39 is 0 Å². The summed E-state index contributed by atoms with van der Waals surface area (Å²) < 4.78 is 5.93. The van der Waals surface area contributed by atoms with Crippen molar-refractivity contribution in [3.63, 3.8) is 0 Å². The second-order valence-electron chi connectivity index (χ2n) is 7.78. The van der Waals surface area contributed by atoms with Crippen molar-refractivity contribution < 1.29 is 4.74 Å². The first-order valence-corrected chi connectivity index (χ1v) is 10.2. The van der Waals surface area contributed by atoms with E-state index >= 15 is 0 Å². The largest absolute Gasteiger partial charge is 0.489 e. The summed E-state index contributed by atoms with van der Waals surface area (Å²) in [6.45, 7) is 6.46. The molecular formula is C22H21Cl2N3OS. The molecule has 2 aromatic carbocycles. The first-order valence-electron chi connectivity index (χ1n) is 9.08. The Kier molecular flexibility index (Phi) is 6.38. The molecule has 0 radical (unpaired) electrons. The Morgan fingerprint density at radius 1 is 1.17 bits per heavy atom. The average molecular weight is 446 g/mol. The Hall–Kier alpha value is -2.26. The topological polar surface area (TPSA) is 57.1 Å². The fraction of sp³-hybridized carbons (Fsp3) is 0.273. The highest BCUT2D eigenvalue weighted by molar-refractivity contribution is 7.80. The number of halogens is 2. The second-order valence-corrected chi connectivity index (χ2v) is 9.03. The normalized spacial score (nSPS) is 16.7. The molecule has 29 heavy (non-hydrogen) atoms. The van der Waals surface area contributed by atoms with Gasteiger partial charge in [-0.2, -0.15) is 5.26 Å². The van der Waals surface area contributed by atoms with Crippen molar-refractivity contribution in [2.45, 2.75) is 33.4 Å². The summed E-state index contributed by atoms with van der Waals surface area (Å²) in [7, 11) is 0. The zero-order valence-corrected chi connectivity index (χ0v) is 18.7. The molecule has 0 unspecified atom stereocenters. The molecule has 1 heterocycles. The summed E-state index contributed by atoms with van der Waals surface area (Å²) in [4.78, 5) is 0. The molecule has 1 atom stereocenters. The second kappa shape index (κ2) is 8.62. The van der Waals surface area contributed by atoms with Crippen LogP contribution in [0, 0.1) is 16.7 Å². The lowest BCUT2D eigenvalue weighted by Gasteiger charge is -2.35. The van der Waals surface area contributed by atoms with Crippen LogP contribution in [0.1, 0.15) is 37.9 Å². The summed E-state index contributed by atoms with van der Waals surface area (Å²) in [5.74, 6) is 0.675. The smallest absolute Gasteiger partial charge is 0.171 e. The van der Waals surface area contributed by atoms with E-state index in [2.05, 4.69) is 16.7 Å². The monoisotopic (exact) mass is 445 g/mol. The maximum atomic E-state index is 9.83. The highest BCUT2D eigenvalue weighted by Crippen LogP contribution is 2.35. The van der Waals surface area contributed by atoms with Gasteiger partial charge < -0.3 is 15.4 Å². The highest BCUT2D eigenvalue weighted by atomic mass is 35.5. The Bertz CT molecular complexity index is 1020. The number of benzene rings is 2. The molecule has 4 nitrogen and oxygen atoms in total. The lowest BCUT2D eigenvalue weighted by atomic mass is 9.84. The van der Waals surface area contributed by atoms with Crippen LogP contribution in [0.3, 0.4) is 0 Å². The van der Waals surface area contributed by atoms with Gasteiger partial charge in [-0.05, 0) is 42.0 Å². The lowest BCUT2D eigenvalue weighted by molar-refractivity contribution is 0.306. The molecule has 0 spiro atoms. The molecule has 2 aromatic rings. The predicted molar refractivity (Wildman–Crippen MR) is 121 cm³/mol. The van der Waals surface area contributed by atoms with E-state index in [0.29, 0.717) is 33.1 Å². The van der Waals surface area contributed by atoms with Gasteiger partial charge in [0.1, 0.15) is 12.4 Å². The molecule has 0 bridgehead atoms. The minimum atomic E-state index is -0.342. The van der Waals surface area contributed by atoms with Crippen molar-refractivity contribution in [3.05, 3.63) is 74.9 Å². The van der Waals surface area contributed by atoms with Crippen LogP contribution in [-0.4, -0.2) is 5.11 Å².